The van der Waals surface area contributed by atoms with Gasteiger partial charge in [-0.25, -0.2) is 4.39 Å². The van der Waals surface area contributed by atoms with Crippen LogP contribution in [0.3, 0.4) is 0 Å². The fourth-order valence-electron chi connectivity index (χ4n) is 2.79. The number of nitrogens with one attached hydrogen (secondary N) is 1. The number of aromatic nitrogens is 3. The van der Waals surface area contributed by atoms with E-state index in [2.05, 4.69) is 15.4 Å². The number of anilines is 1. The van der Waals surface area contributed by atoms with Crippen molar-refractivity contribution in [3.05, 3.63) is 53.7 Å². The van der Waals surface area contributed by atoms with Crippen LogP contribution in [0.4, 0.5) is 10.1 Å². The lowest BCUT2D eigenvalue weighted by Gasteiger charge is -2.04. The summed E-state index contributed by atoms with van der Waals surface area (Å²) in [5.41, 5.74) is 2.49. The van der Waals surface area contributed by atoms with Gasteiger partial charge in [0.05, 0.1) is 17.4 Å². The Hall–Kier alpha value is -2.76. The predicted octanol–water partition coefficient (Wildman–Crippen LogP) is 3.54. The Morgan fingerprint density at radius 1 is 1.38 bits per heavy atom. The van der Waals surface area contributed by atoms with Crippen LogP contribution in [0.25, 0.3) is 10.9 Å². The lowest BCUT2D eigenvalue weighted by Crippen LogP contribution is -2.15. The molecule has 0 saturated heterocycles. The zero-order chi connectivity index (χ0) is 16.7. The van der Waals surface area contributed by atoms with Crippen molar-refractivity contribution in [2.24, 2.45) is 5.92 Å². The number of amides is 1. The summed E-state index contributed by atoms with van der Waals surface area (Å²) in [4.78, 5) is 16.3. The van der Waals surface area contributed by atoms with E-state index < -0.39 is 11.7 Å². The Labute approximate surface area is 138 Å². The van der Waals surface area contributed by atoms with Crippen LogP contribution in [0.15, 0.2) is 36.7 Å². The van der Waals surface area contributed by atoms with Gasteiger partial charge in [0.25, 0.3) is 5.91 Å². The molecule has 1 amide bonds. The zero-order valence-corrected chi connectivity index (χ0v) is 13.3. The van der Waals surface area contributed by atoms with Crippen LogP contribution < -0.4 is 5.32 Å². The molecule has 0 spiro atoms. The van der Waals surface area contributed by atoms with E-state index in [4.69, 9.17) is 0 Å². The van der Waals surface area contributed by atoms with Crippen molar-refractivity contribution >= 4 is 22.5 Å². The predicted molar refractivity (Wildman–Crippen MR) is 89.3 cm³/mol. The molecule has 1 aromatic carbocycles. The third-order valence-corrected chi connectivity index (χ3v) is 4.27. The number of halogens is 1. The number of nitrogens with zero attached hydrogens (tertiary/aromatic N) is 3. The number of rotatable bonds is 4. The minimum absolute atomic E-state index is 0.104. The molecule has 3 aromatic rings. The van der Waals surface area contributed by atoms with Gasteiger partial charge in [-0.3, -0.25) is 14.5 Å². The highest BCUT2D eigenvalue weighted by molar-refractivity contribution is 6.11. The molecule has 1 fully saturated rings. The third kappa shape index (κ3) is 2.75. The maximum absolute atomic E-state index is 13.7. The first-order valence-corrected chi connectivity index (χ1v) is 8.00. The van der Waals surface area contributed by atoms with E-state index in [1.807, 2.05) is 29.8 Å². The molecule has 0 unspecified atom stereocenters. The van der Waals surface area contributed by atoms with Gasteiger partial charge in [-0.1, -0.05) is 12.1 Å². The van der Waals surface area contributed by atoms with Gasteiger partial charge < -0.3 is 5.32 Å². The number of fused-ring (bicyclic) bond motifs is 1. The molecule has 6 heteroatoms. The Morgan fingerprint density at radius 3 is 2.96 bits per heavy atom. The number of hydrogen-bond donors (Lipinski definition) is 1. The van der Waals surface area contributed by atoms with Crippen LogP contribution in [0.2, 0.25) is 0 Å². The van der Waals surface area contributed by atoms with E-state index in [0.717, 1.165) is 29.2 Å². The molecule has 0 bridgehead atoms. The number of aryl methyl sites for hydroxylation is 1. The first kappa shape index (κ1) is 14.8. The second kappa shape index (κ2) is 5.70. The van der Waals surface area contributed by atoms with Crippen LogP contribution in [-0.4, -0.2) is 20.7 Å². The molecule has 1 aliphatic rings. The molecule has 0 atom stereocenters. The quantitative estimate of drug-likeness (QED) is 0.798. The van der Waals surface area contributed by atoms with Crippen LogP contribution in [0.5, 0.6) is 0 Å². The lowest BCUT2D eigenvalue weighted by molar-refractivity contribution is 0.102. The summed E-state index contributed by atoms with van der Waals surface area (Å²) in [6.45, 7) is 2.83. The Morgan fingerprint density at radius 2 is 2.21 bits per heavy atom. The normalized spacial score (nSPS) is 14.1. The fourth-order valence-corrected chi connectivity index (χ4v) is 2.79. The summed E-state index contributed by atoms with van der Waals surface area (Å²) >= 11 is 0. The highest BCUT2D eigenvalue weighted by atomic mass is 19.1. The first-order chi connectivity index (χ1) is 11.6. The number of carbonyl (C=O) groups is 1. The van der Waals surface area contributed by atoms with E-state index in [1.54, 1.807) is 0 Å². The first-order valence-electron chi connectivity index (χ1n) is 8.00. The molecule has 0 radical (unpaired) electrons. The van der Waals surface area contributed by atoms with Gasteiger partial charge in [0.15, 0.2) is 11.5 Å². The molecule has 122 valence electrons. The van der Waals surface area contributed by atoms with Crippen LogP contribution >= 0.6 is 0 Å². The van der Waals surface area contributed by atoms with E-state index >= 15 is 0 Å². The Balaban J connectivity index is 1.72. The summed E-state index contributed by atoms with van der Waals surface area (Å²) in [5, 5.41) is 7.87. The lowest BCUT2D eigenvalue weighted by atomic mass is 10.1. The zero-order valence-electron chi connectivity index (χ0n) is 13.3. The van der Waals surface area contributed by atoms with Crippen LogP contribution in [-0.2, 0) is 6.54 Å². The summed E-state index contributed by atoms with van der Waals surface area (Å²) in [7, 11) is 0. The number of carbonyl (C=O) groups excluding carboxylic acids is 1. The van der Waals surface area contributed by atoms with Crippen LogP contribution in [0.1, 0.15) is 28.9 Å². The molecule has 1 N–H and O–H groups in total. The van der Waals surface area contributed by atoms with Crippen molar-refractivity contribution in [2.45, 2.75) is 26.3 Å². The molecule has 2 heterocycles. The molecule has 1 saturated carbocycles. The molecule has 5 nitrogen and oxygen atoms in total. The third-order valence-electron chi connectivity index (χ3n) is 4.27. The second-order valence-corrected chi connectivity index (χ2v) is 6.30. The molecule has 4 rings (SSSR count). The van der Waals surface area contributed by atoms with Crippen molar-refractivity contribution < 1.29 is 9.18 Å². The summed E-state index contributed by atoms with van der Waals surface area (Å²) in [6.07, 6.45) is 4.92. The number of pyridine rings is 1. The average molecular weight is 324 g/mol. The monoisotopic (exact) mass is 324 g/mol. The topological polar surface area (TPSA) is 59.8 Å². The molecular weight excluding hydrogens is 307 g/mol. The van der Waals surface area contributed by atoms with Gasteiger partial charge in [0.2, 0.25) is 0 Å². The maximum atomic E-state index is 13.7. The van der Waals surface area contributed by atoms with Crippen molar-refractivity contribution in [1.29, 1.82) is 0 Å². The van der Waals surface area contributed by atoms with E-state index in [-0.39, 0.29) is 5.69 Å². The standard InChI is InChI=1S/C18H17FN4O/c1-11-2-5-13-16(8-11)23(10-12-3-4-12)22-17(13)18(24)21-15-6-7-20-9-14(15)19/h2,5-9,12H,3-4,10H2,1H3,(H,20,21,24). The van der Waals surface area contributed by atoms with Gasteiger partial charge in [0.1, 0.15) is 0 Å². The fraction of sp³-hybridized carbons (Fsp3) is 0.278. The van der Waals surface area contributed by atoms with E-state index in [1.165, 1.54) is 25.1 Å². The highest BCUT2D eigenvalue weighted by Crippen LogP contribution is 2.32. The summed E-state index contributed by atoms with van der Waals surface area (Å²) < 4.78 is 15.6. The van der Waals surface area contributed by atoms with Gasteiger partial charge in [-0.05, 0) is 43.4 Å². The number of hydrogen-bond acceptors (Lipinski definition) is 3. The molecule has 24 heavy (non-hydrogen) atoms. The van der Waals surface area contributed by atoms with E-state index in [0.29, 0.717) is 11.6 Å². The van der Waals surface area contributed by atoms with Crippen molar-refractivity contribution in [1.82, 2.24) is 14.8 Å². The van der Waals surface area contributed by atoms with Crippen molar-refractivity contribution in [3.63, 3.8) is 0 Å². The molecule has 2 aromatic heterocycles. The van der Waals surface area contributed by atoms with Gasteiger partial charge >= 0.3 is 0 Å². The summed E-state index contributed by atoms with van der Waals surface area (Å²) in [6, 6.07) is 7.32. The highest BCUT2D eigenvalue weighted by Gasteiger charge is 2.25. The average Bonchev–Trinajstić information content (AvgIpc) is 3.31. The van der Waals surface area contributed by atoms with Crippen LogP contribution in [0, 0.1) is 18.7 Å². The van der Waals surface area contributed by atoms with Crippen molar-refractivity contribution in [3.8, 4) is 0 Å². The minimum Gasteiger partial charge on any atom is -0.318 e. The Bertz CT molecular complexity index is 930. The van der Waals surface area contributed by atoms with Gasteiger partial charge in [0, 0.05) is 18.1 Å². The minimum atomic E-state index is -0.566. The van der Waals surface area contributed by atoms with Crippen molar-refractivity contribution in [2.75, 3.05) is 5.32 Å². The smallest absolute Gasteiger partial charge is 0.276 e. The van der Waals surface area contributed by atoms with Gasteiger partial charge in [-0.15, -0.1) is 0 Å². The second-order valence-electron chi connectivity index (χ2n) is 6.30. The summed E-state index contributed by atoms with van der Waals surface area (Å²) in [5.74, 6) is -0.339. The maximum Gasteiger partial charge on any atom is 0.276 e. The number of benzene rings is 1. The van der Waals surface area contributed by atoms with E-state index in [9.17, 15) is 9.18 Å². The van der Waals surface area contributed by atoms with Gasteiger partial charge in [-0.2, -0.15) is 5.10 Å². The molecule has 1 aliphatic carbocycles. The largest absolute Gasteiger partial charge is 0.318 e. The Kier molecular flexibility index (Phi) is 3.52. The molecule has 0 aliphatic heterocycles. The molecular formula is C18H17FN4O. The SMILES string of the molecule is Cc1ccc2c(C(=O)Nc3ccncc3F)nn(CC3CC3)c2c1.